The molecule has 1 heterocycles. The second-order valence-electron chi connectivity index (χ2n) is 3.30. The molecule has 0 fully saturated rings. The molecule has 0 unspecified atom stereocenters. The first kappa shape index (κ1) is 14.5. The summed E-state index contributed by atoms with van der Waals surface area (Å²) in [5.74, 6) is 0.334. The summed E-state index contributed by atoms with van der Waals surface area (Å²) >= 11 is 1.18. The summed E-state index contributed by atoms with van der Waals surface area (Å²) in [5.41, 5.74) is 5.47. The Balaban J connectivity index is 2.53. The predicted octanol–water partition coefficient (Wildman–Crippen LogP) is -0.480. The molecule has 0 saturated carbocycles. The van der Waals surface area contributed by atoms with Gasteiger partial charge in [0.15, 0.2) is 5.16 Å². The number of carbonyl (C=O) groups is 2. The second-order valence-corrected chi connectivity index (χ2v) is 4.24. The highest BCUT2D eigenvalue weighted by Crippen LogP contribution is 2.15. The van der Waals surface area contributed by atoms with Crippen LogP contribution in [0.3, 0.4) is 0 Å². The van der Waals surface area contributed by atoms with Crippen LogP contribution < -0.4 is 11.1 Å². The maximum absolute atomic E-state index is 11.3. The van der Waals surface area contributed by atoms with Gasteiger partial charge in [-0.3, -0.25) is 10.1 Å². The fraction of sp³-hybridized carbons (Fsp3) is 0.556. The monoisotopic (exact) mass is 273 g/mol. The van der Waals surface area contributed by atoms with E-state index in [1.807, 2.05) is 4.57 Å². The van der Waals surface area contributed by atoms with Gasteiger partial charge in [0.2, 0.25) is 5.91 Å². The number of aromatic nitrogens is 3. The van der Waals surface area contributed by atoms with Crippen molar-refractivity contribution in [2.24, 2.45) is 5.73 Å². The topological polar surface area (TPSA) is 112 Å². The third-order valence-corrected chi connectivity index (χ3v) is 2.98. The van der Waals surface area contributed by atoms with E-state index in [1.165, 1.54) is 18.9 Å². The normalized spacial score (nSPS) is 10.2. The number of hydrogen-bond acceptors (Lipinski definition) is 7. The minimum atomic E-state index is -0.778. The summed E-state index contributed by atoms with van der Waals surface area (Å²) in [6.45, 7) is 2.85. The van der Waals surface area contributed by atoms with E-state index in [0.29, 0.717) is 18.2 Å². The summed E-state index contributed by atoms with van der Waals surface area (Å²) < 4.78 is 6.13. The summed E-state index contributed by atoms with van der Waals surface area (Å²) in [4.78, 5) is 22.1. The largest absolute Gasteiger partial charge is 0.453 e. The minimum absolute atomic E-state index is 0.0534. The third-order valence-electron chi connectivity index (χ3n) is 2.01. The molecular formula is C9H15N5O3S. The number of methoxy groups -OCH3 is 1. The van der Waals surface area contributed by atoms with E-state index in [4.69, 9.17) is 5.73 Å². The van der Waals surface area contributed by atoms with Crippen molar-refractivity contribution in [2.45, 2.75) is 18.6 Å². The lowest BCUT2D eigenvalue weighted by atomic mass is 10.6. The van der Waals surface area contributed by atoms with E-state index in [-0.39, 0.29) is 5.75 Å². The first-order valence-corrected chi connectivity index (χ1v) is 6.17. The quantitative estimate of drug-likeness (QED) is 0.697. The van der Waals surface area contributed by atoms with Crippen LogP contribution in [0.2, 0.25) is 0 Å². The van der Waals surface area contributed by atoms with E-state index < -0.39 is 12.0 Å². The van der Waals surface area contributed by atoms with Crippen molar-refractivity contribution in [3.63, 3.8) is 0 Å². The number of thioether (sulfide) groups is 1. The van der Waals surface area contributed by atoms with Crippen LogP contribution in [0, 0.1) is 6.92 Å². The van der Waals surface area contributed by atoms with E-state index in [2.05, 4.69) is 20.3 Å². The van der Waals surface area contributed by atoms with Gasteiger partial charge in [-0.2, -0.15) is 0 Å². The van der Waals surface area contributed by atoms with Gasteiger partial charge in [0.05, 0.1) is 12.9 Å². The molecule has 9 heteroatoms. The smallest absolute Gasteiger partial charge is 0.413 e. The highest BCUT2D eigenvalue weighted by molar-refractivity contribution is 7.99. The summed E-state index contributed by atoms with van der Waals surface area (Å²) in [7, 11) is 1.19. The van der Waals surface area contributed by atoms with Crippen molar-refractivity contribution in [2.75, 3.05) is 19.4 Å². The number of carbonyl (C=O) groups excluding carboxylic acids is 2. The van der Waals surface area contributed by atoms with E-state index in [1.54, 1.807) is 6.92 Å². The van der Waals surface area contributed by atoms with Gasteiger partial charge in [0.1, 0.15) is 5.82 Å². The second kappa shape index (κ2) is 6.97. The van der Waals surface area contributed by atoms with Crippen LogP contribution >= 0.6 is 11.8 Å². The van der Waals surface area contributed by atoms with Crippen LogP contribution in [-0.4, -0.2) is 46.2 Å². The van der Waals surface area contributed by atoms with Crippen LogP contribution in [0.4, 0.5) is 4.79 Å². The van der Waals surface area contributed by atoms with Gasteiger partial charge in [-0.25, -0.2) is 4.79 Å². The molecule has 8 nitrogen and oxygen atoms in total. The van der Waals surface area contributed by atoms with Crippen LogP contribution in [0.25, 0.3) is 0 Å². The minimum Gasteiger partial charge on any atom is -0.453 e. The number of alkyl carbamates (subject to hydrolysis) is 1. The maximum Gasteiger partial charge on any atom is 0.413 e. The molecule has 0 saturated heterocycles. The molecule has 0 aliphatic rings. The van der Waals surface area contributed by atoms with Crippen molar-refractivity contribution in [1.29, 1.82) is 0 Å². The lowest BCUT2D eigenvalue weighted by Crippen LogP contribution is -2.31. The molecule has 1 aromatic heterocycles. The summed E-state index contributed by atoms with van der Waals surface area (Å²) in [5, 5.41) is 10.5. The van der Waals surface area contributed by atoms with Gasteiger partial charge >= 0.3 is 6.09 Å². The molecule has 0 aromatic carbocycles. The first-order valence-electron chi connectivity index (χ1n) is 5.19. The Morgan fingerprint density at radius 2 is 2.22 bits per heavy atom. The molecule has 0 aliphatic carbocycles. The van der Waals surface area contributed by atoms with Crippen molar-refractivity contribution < 1.29 is 14.3 Å². The van der Waals surface area contributed by atoms with Gasteiger partial charge in [0, 0.05) is 13.1 Å². The van der Waals surface area contributed by atoms with E-state index >= 15 is 0 Å². The fourth-order valence-corrected chi connectivity index (χ4v) is 2.00. The molecule has 0 aliphatic heterocycles. The molecule has 100 valence electrons. The molecule has 1 rings (SSSR count). The number of nitrogens with two attached hydrogens (primary N) is 1. The maximum atomic E-state index is 11.3. The number of ether oxygens (including phenoxy) is 1. The zero-order valence-corrected chi connectivity index (χ0v) is 11.0. The number of rotatable bonds is 5. The average molecular weight is 273 g/mol. The Kier molecular flexibility index (Phi) is 5.59. The highest BCUT2D eigenvalue weighted by Gasteiger charge is 2.12. The van der Waals surface area contributed by atoms with E-state index in [0.717, 1.165) is 5.82 Å². The molecule has 1 aromatic rings. The van der Waals surface area contributed by atoms with Gasteiger partial charge in [-0.15, -0.1) is 10.2 Å². The molecule has 2 amide bonds. The van der Waals surface area contributed by atoms with Crippen LogP contribution in [0.1, 0.15) is 5.82 Å². The van der Waals surface area contributed by atoms with Crippen molar-refractivity contribution in [1.82, 2.24) is 20.1 Å². The Labute approximate surface area is 108 Å². The lowest BCUT2D eigenvalue weighted by molar-refractivity contribution is -0.117. The standard InChI is InChI=1S/C9H15N5O3S/c1-6-12-13-8(14(6)4-3-10)18-5-7(15)11-9(16)17-2/h3-5,10H2,1-2H3,(H,11,15,16). The summed E-state index contributed by atoms with van der Waals surface area (Å²) in [6.07, 6.45) is -0.778. The van der Waals surface area contributed by atoms with Gasteiger partial charge in [-0.05, 0) is 6.92 Å². The average Bonchev–Trinajstić information content (AvgIpc) is 2.69. The zero-order valence-electron chi connectivity index (χ0n) is 10.2. The van der Waals surface area contributed by atoms with Crippen molar-refractivity contribution >= 4 is 23.8 Å². The fourth-order valence-electron chi connectivity index (χ4n) is 1.19. The first-order chi connectivity index (χ1) is 8.58. The van der Waals surface area contributed by atoms with Gasteiger partial charge in [-0.1, -0.05) is 11.8 Å². The SMILES string of the molecule is COC(=O)NC(=O)CSc1nnc(C)n1CCN. The molecule has 0 bridgehead atoms. The third kappa shape index (κ3) is 4.00. The number of nitrogens with zero attached hydrogens (tertiary/aromatic N) is 3. The van der Waals surface area contributed by atoms with Crippen LogP contribution in [0.15, 0.2) is 5.16 Å². The number of amides is 2. The molecule has 3 N–H and O–H groups in total. The Morgan fingerprint density at radius 3 is 2.83 bits per heavy atom. The number of imide groups is 1. The molecule has 0 atom stereocenters. The van der Waals surface area contributed by atoms with E-state index in [9.17, 15) is 9.59 Å². The number of aryl methyl sites for hydroxylation is 1. The molecule has 18 heavy (non-hydrogen) atoms. The summed E-state index contributed by atoms with van der Waals surface area (Å²) in [6, 6.07) is 0. The zero-order chi connectivity index (χ0) is 13.5. The van der Waals surface area contributed by atoms with Gasteiger partial charge in [0.25, 0.3) is 0 Å². The number of nitrogens with one attached hydrogen (secondary N) is 1. The molecule has 0 radical (unpaired) electrons. The molecule has 0 spiro atoms. The Morgan fingerprint density at radius 1 is 1.50 bits per heavy atom. The van der Waals surface area contributed by atoms with Crippen molar-refractivity contribution in [3.8, 4) is 0 Å². The molecular weight excluding hydrogens is 258 g/mol. The predicted molar refractivity (Wildman–Crippen MR) is 65.1 cm³/mol. The number of hydrogen-bond donors (Lipinski definition) is 2. The van der Waals surface area contributed by atoms with Gasteiger partial charge < -0.3 is 15.0 Å². The lowest BCUT2D eigenvalue weighted by Gasteiger charge is -2.06. The van der Waals surface area contributed by atoms with Crippen molar-refractivity contribution in [3.05, 3.63) is 5.82 Å². The Bertz CT molecular complexity index is 434. The van der Waals surface area contributed by atoms with Crippen LogP contribution in [0.5, 0.6) is 0 Å². The Hall–Kier alpha value is -1.61. The van der Waals surface area contributed by atoms with Crippen LogP contribution in [-0.2, 0) is 16.1 Å². The highest BCUT2D eigenvalue weighted by atomic mass is 32.2.